The van der Waals surface area contributed by atoms with Gasteiger partial charge in [-0.05, 0) is 61.5 Å². The number of anilines is 1. The summed E-state index contributed by atoms with van der Waals surface area (Å²) in [5.41, 5.74) is 6.13. The Morgan fingerprint density at radius 3 is 2.47 bits per heavy atom. The minimum Gasteiger partial charge on any atom is -0.493 e. The van der Waals surface area contributed by atoms with Gasteiger partial charge in [0.05, 0.1) is 12.8 Å². The highest BCUT2D eigenvalue weighted by atomic mass is 16.5. The summed E-state index contributed by atoms with van der Waals surface area (Å²) in [6, 6.07) is 17.2. The molecular formula is C24H25N3O3. The number of nitrogens with one attached hydrogen (secondary N) is 2. The molecule has 3 aromatic rings. The van der Waals surface area contributed by atoms with E-state index in [2.05, 4.69) is 15.8 Å². The van der Waals surface area contributed by atoms with Gasteiger partial charge in [-0.1, -0.05) is 30.3 Å². The molecule has 0 fully saturated rings. The first-order valence-electron chi connectivity index (χ1n) is 9.81. The molecule has 6 heteroatoms. The van der Waals surface area contributed by atoms with Gasteiger partial charge in [-0.15, -0.1) is 0 Å². The van der Waals surface area contributed by atoms with Crippen LogP contribution in [0.1, 0.15) is 30.0 Å². The maximum atomic E-state index is 12.1. The van der Waals surface area contributed by atoms with E-state index in [1.54, 1.807) is 6.21 Å². The maximum Gasteiger partial charge on any atom is 0.249 e. The Morgan fingerprint density at radius 1 is 0.967 bits per heavy atom. The number of hydrogen-bond donors (Lipinski definition) is 2. The van der Waals surface area contributed by atoms with Crippen LogP contribution < -0.4 is 15.5 Å². The number of amides is 2. The lowest BCUT2D eigenvalue weighted by molar-refractivity contribution is -0.126. The second-order valence-electron chi connectivity index (χ2n) is 6.95. The lowest BCUT2D eigenvalue weighted by Crippen LogP contribution is -2.24. The third kappa shape index (κ3) is 5.23. The van der Waals surface area contributed by atoms with Gasteiger partial charge in [0.15, 0.2) is 0 Å². The average Bonchev–Trinajstić information content (AvgIpc) is 2.72. The largest absolute Gasteiger partial charge is 0.493 e. The van der Waals surface area contributed by atoms with Crippen LogP contribution in [0.2, 0.25) is 0 Å². The molecule has 0 heterocycles. The van der Waals surface area contributed by atoms with E-state index in [9.17, 15) is 9.59 Å². The van der Waals surface area contributed by atoms with Gasteiger partial charge in [-0.3, -0.25) is 9.59 Å². The second kappa shape index (κ2) is 9.69. The zero-order chi connectivity index (χ0) is 21.5. The number of hydrazone groups is 1. The highest BCUT2D eigenvalue weighted by Crippen LogP contribution is 2.27. The van der Waals surface area contributed by atoms with E-state index in [1.807, 2.05) is 75.4 Å². The van der Waals surface area contributed by atoms with Gasteiger partial charge in [-0.2, -0.15) is 5.10 Å². The van der Waals surface area contributed by atoms with Crippen LogP contribution in [-0.2, 0) is 9.59 Å². The van der Waals surface area contributed by atoms with E-state index in [0.717, 1.165) is 33.2 Å². The second-order valence-corrected chi connectivity index (χ2v) is 6.95. The summed E-state index contributed by atoms with van der Waals surface area (Å²) in [4.78, 5) is 24.1. The highest BCUT2D eigenvalue weighted by molar-refractivity contribution is 6.05. The zero-order valence-corrected chi connectivity index (χ0v) is 17.4. The molecule has 0 saturated carbocycles. The van der Waals surface area contributed by atoms with Gasteiger partial charge in [0, 0.05) is 16.6 Å². The predicted octanol–water partition coefficient (Wildman–Crippen LogP) is 4.33. The number of nitrogens with zero attached hydrogens (tertiary/aromatic N) is 1. The molecule has 3 rings (SSSR count). The fourth-order valence-electron chi connectivity index (χ4n) is 3.07. The topological polar surface area (TPSA) is 79.8 Å². The highest BCUT2D eigenvalue weighted by Gasteiger charge is 2.10. The van der Waals surface area contributed by atoms with Crippen LogP contribution >= 0.6 is 0 Å². The standard InChI is InChI=1S/C24H25N3O3/c1-4-30-22-12-10-18(20-7-5-6-8-21(20)22)15-25-27-24(29)14-23(28)26-19-11-9-16(2)17(3)13-19/h5-13,15H,4,14H2,1-3H3,(H,26,28)(H,27,29). The maximum absolute atomic E-state index is 12.1. The molecule has 6 nitrogen and oxygen atoms in total. The van der Waals surface area contributed by atoms with Gasteiger partial charge in [0.25, 0.3) is 0 Å². The summed E-state index contributed by atoms with van der Waals surface area (Å²) < 4.78 is 5.66. The number of ether oxygens (including phenoxy) is 1. The van der Waals surface area contributed by atoms with Gasteiger partial charge < -0.3 is 10.1 Å². The lowest BCUT2D eigenvalue weighted by atomic mass is 10.0. The molecule has 0 aromatic heterocycles. The Bertz CT molecular complexity index is 1110. The fourth-order valence-corrected chi connectivity index (χ4v) is 3.07. The Balaban J connectivity index is 1.61. The Hall–Kier alpha value is -3.67. The van der Waals surface area contributed by atoms with Gasteiger partial charge in [0.2, 0.25) is 11.8 Å². The van der Waals surface area contributed by atoms with Crippen molar-refractivity contribution in [2.75, 3.05) is 11.9 Å². The first-order valence-corrected chi connectivity index (χ1v) is 9.81. The monoisotopic (exact) mass is 403 g/mol. The van der Waals surface area contributed by atoms with E-state index < -0.39 is 11.8 Å². The average molecular weight is 403 g/mol. The van der Waals surface area contributed by atoms with Crippen molar-refractivity contribution >= 4 is 34.5 Å². The van der Waals surface area contributed by atoms with Crippen molar-refractivity contribution in [2.45, 2.75) is 27.2 Å². The number of benzene rings is 3. The van der Waals surface area contributed by atoms with Crippen molar-refractivity contribution in [1.82, 2.24) is 5.43 Å². The quantitative estimate of drug-likeness (QED) is 0.350. The molecule has 0 aliphatic heterocycles. The lowest BCUT2D eigenvalue weighted by Gasteiger charge is -2.09. The van der Waals surface area contributed by atoms with Crippen molar-refractivity contribution in [3.63, 3.8) is 0 Å². The molecule has 154 valence electrons. The van der Waals surface area contributed by atoms with Crippen molar-refractivity contribution in [2.24, 2.45) is 5.10 Å². The van der Waals surface area contributed by atoms with Crippen LogP contribution in [0.4, 0.5) is 5.69 Å². The van der Waals surface area contributed by atoms with E-state index >= 15 is 0 Å². The van der Waals surface area contributed by atoms with Crippen LogP contribution in [0.15, 0.2) is 59.7 Å². The fraction of sp³-hybridized carbons (Fsp3) is 0.208. The smallest absolute Gasteiger partial charge is 0.249 e. The normalized spacial score (nSPS) is 10.9. The molecule has 0 aliphatic carbocycles. The van der Waals surface area contributed by atoms with Crippen molar-refractivity contribution in [3.05, 3.63) is 71.3 Å². The van der Waals surface area contributed by atoms with E-state index in [4.69, 9.17) is 4.74 Å². The van der Waals surface area contributed by atoms with Crippen LogP contribution in [0.25, 0.3) is 10.8 Å². The van der Waals surface area contributed by atoms with E-state index in [0.29, 0.717) is 12.3 Å². The molecule has 0 bridgehead atoms. The summed E-state index contributed by atoms with van der Waals surface area (Å²) in [6.07, 6.45) is 1.26. The number of hydrogen-bond acceptors (Lipinski definition) is 4. The summed E-state index contributed by atoms with van der Waals surface area (Å²) >= 11 is 0. The molecule has 0 atom stereocenters. The van der Waals surface area contributed by atoms with Gasteiger partial charge >= 0.3 is 0 Å². The van der Waals surface area contributed by atoms with Crippen molar-refractivity contribution < 1.29 is 14.3 Å². The number of carbonyl (C=O) groups excluding carboxylic acids is 2. The summed E-state index contributed by atoms with van der Waals surface area (Å²) in [5, 5.41) is 8.67. The third-order valence-corrected chi connectivity index (χ3v) is 4.72. The Labute approximate surface area is 175 Å². The molecule has 0 radical (unpaired) electrons. The van der Waals surface area contributed by atoms with E-state index in [1.165, 1.54) is 0 Å². The predicted molar refractivity (Wildman–Crippen MR) is 120 cm³/mol. The minimum absolute atomic E-state index is 0.311. The summed E-state index contributed by atoms with van der Waals surface area (Å²) in [6.45, 7) is 6.49. The molecule has 0 spiro atoms. The molecule has 0 saturated heterocycles. The number of fused-ring (bicyclic) bond motifs is 1. The summed E-state index contributed by atoms with van der Waals surface area (Å²) in [5.74, 6) is -0.0717. The van der Waals surface area contributed by atoms with Gasteiger partial charge in [-0.25, -0.2) is 5.43 Å². The van der Waals surface area contributed by atoms with Crippen molar-refractivity contribution in [1.29, 1.82) is 0 Å². The summed E-state index contributed by atoms with van der Waals surface area (Å²) in [7, 11) is 0. The molecule has 3 aromatic carbocycles. The van der Waals surface area contributed by atoms with Crippen LogP contribution in [0.5, 0.6) is 5.75 Å². The van der Waals surface area contributed by atoms with Crippen molar-refractivity contribution in [3.8, 4) is 5.75 Å². The van der Waals surface area contributed by atoms with E-state index in [-0.39, 0.29) is 6.42 Å². The minimum atomic E-state index is -0.483. The number of aryl methyl sites for hydroxylation is 2. The SMILES string of the molecule is CCOc1ccc(C=NNC(=O)CC(=O)Nc2ccc(C)c(C)c2)c2ccccc12. The molecule has 30 heavy (non-hydrogen) atoms. The van der Waals surface area contributed by atoms with Gasteiger partial charge in [0.1, 0.15) is 12.2 Å². The molecule has 2 N–H and O–H groups in total. The van der Waals surface area contributed by atoms with Crippen LogP contribution in [0, 0.1) is 13.8 Å². The first kappa shape index (κ1) is 21.0. The molecule has 2 amide bonds. The zero-order valence-electron chi connectivity index (χ0n) is 17.4. The Kier molecular flexibility index (Phi) is 6.80. The molecule has 0 unspecified atom stereocenters. The number of carbonyl (C=O) groups is 2. The van der Waals surface area contributed by atoms with Crippen LogP contribution in [0.3, 0.4) is 0 Å². The Morgan fingerprint density at radius 2 is 1.73 bits per heavy atom. The molecular weight excluding hydrogens is 378 g/mol. The number of rotatable bonds is 7. The first-order chi connectivity index (χ1) is 14.5. The van der Waals surface area contributed by atoms with Crippen LogP contribution in [-0.4, -0.2) is 24.6 Å². The third-order valence-electron chi connectivity index (χ3n) is 4.72. The molecule has 0 aliphatic rings.